The monoisotopic (exact) mass is 618 g/mol. The van der Waals surface area contributed by atoms with E-state index < -0.39 is 6.09 Å². The molecule has 13 heteroatoms. The summed E-state index contributed by atoms with van der Waals surface area (Å²) in [7, 11) is 0. The summed E-state index contributed by atoms with van der Waals surface area (Å²) >= 11 is 0. The predicted molar refractivity (Wildman–Crippen MR) is 168 cm³/mol. The van der Waals surface area contributed by atoms with Crippen LogP contribution in [-0.4, -0.2) is 108 Å². The summed E-state index contributed by atoms with van der Waals surface area (Å²) < 4.78 is 26.9. The average Bonchev–Trinajstić information content (AvgIpc) is 3.72. The van der Waals surface area contributed by atoms with Crippen LogP contribution >= 0.6 is 0 Å². The van der Waals surface area contributed by atoms with Crippen LogP contribution in [0.5, 0.6) is 0 Å². The second-order valence-electron chi connectivity index (χ2n) is 11.2. The summed E-state index contributed by atoms with van der Waals surface area (Å²) in [6, 6.07) is 17.0. The van der Waals surface area contributed by atoms with Crippen molar-refractivity contribution in [1.82, 2.24) is 29.8 Å². The van der Waals surface area contributed by atoms with E-state index in [1.807, 2.05) is 47.1 Å². The van der Waals surface area contributed by atoms with Crippen molar-refractivity contribution in [3.63, 3.8) is 0 Å². The Morgan fingerprint density at radius 2 is 1.78 bits per heavy atom. The number of aromatic nitrogens is 4. The van der Waals surface area contributed by atoms with Crippen LogP contribution < -0.4 is 15.1 Å². The topological polar surface area (TPSA) is 121 Å². The van der Waals surface area contributed by atoms with Gasteiger partial charge in [-0.3, -0.25) is 4.90 Å². The van der Waals surface area contributed by atoms with Crippen LogP contribution in [0.4, 0.5) is 20.8 Å². The quantitative estimate of drug-likeness (QED) is 0.215. The first kappa shape index (κ1) is 30.7. The van der Waals surface area contributed by atoms with Crippen LogP contribution in [0.2, 0.25) is 0 Å². The van der Waals surface area contributed by atoms with Crippen molar-refractivity contribution in [2.24, 2.45) is 0 Å². The van der Waals surface area contributed by atoms with Crippen molar-refractivity contribution in [3.05, 3.63) is 72.2 Å². The zero-order chi connectivity index (χ0) is 31.0. The molecule has 238 valence electrons. The highest BCUT2D eigenvalue weighted by atomic mass is 19.1. The van der Waals surface area contributed by atoms with Gasteiger partial charge in [-0.2, -0.15) is 0 Å². The van der Waals surface area contributed by atoms with Crippen LogP contribution in [0.15, 0.2) is 60.8 Å². The molecule has 2 aliphatic rings. The van der Waals surface area contributed by atoms with Crippen molar-refractivity contribution in [2.45, 2.75) is 18.9 Å². The molecule has 2 N–H and O–H groups in total. The molecule has 5 heterocycles. The number of carboxylic acid groups (broad SMARTS) is 1. The maximum atomic E-state index is 14.0. The van der Waals surface area contributed by atoms with Gasteiger partial charge in [-0.15, -0.1) is 5.10 Å². The molecule has 12 nitrogen and oxygen atoms in total. The highest BCUT2D eigenvalue weighted by Gasteiger charge is 2.28. The van der Waals surface area contributed by atoms with Crippen LogP contribution in [0.1, 0.15) is 24.4 Å². The van der Waals surface area contributed by atoms with Gasteiger partial charge in [0.05, 0.1) is 44.4 Å². The molecule has 1 amide bonds. The van der Waals surface area contributed by atoms with Gasteiger partial charge in [0, 0.05) is 45.8 Å². The standard InChI is InChI=1S/C32H39FN8O4/c33-25-5-1-4-24(22-25)27-7-3-12-40(27)31-10-9-29-35-23-28(41(29)37-31)26-6-2-8-30(36-26)39-15-13-38(14-16-39)17-19-45-21-20-44-18-11-34-32(42)43/h1-2,4-6,8-10,22-23,27,34H,3,7,11-21H2,(H,42,43). The van der Waals surface area contributed by atoms with Gasteiger partial charge in [0.1, 0.15) is 23.1 Å². The second kappa shape index (κ2) is 14.6. The molecule has 2 saturated heterocycles. The number of halogens is 1. The number of anilines is 2. The van der Waals surface area contributed by atoms with Gasteiger partial charge in [-0.25, -0.2) is 23.7 Å². The van der Waals surface area contributed by atoms with E-state index in [0.717, 1.165) is 86.3 Å². The number of hydrogen-bond donors (Lipinski definition) is 2. The Labute approximate surface area is 261 Å². The minimum absolute atomic E-state index is 0.0814. The molecule has 1 atom stereocenters. The third-order valence-corrected chi connectivity index (χ3v) is 8.27. The van der Waals surface area contributed by atoms with E-state index in [-0.39, 0.29) is 18.4 Å². The Bertz CT molecular complexity index is 1580. The molecule has 0 bridgehead atoms. The maximum Gasteiger partial charge on any atom is 0.404 e. The third-order valence-electron chi connectivity index (χ3n) is 8.27. The molecule has 0 saturated carbocycles. The highest BCUT2D eigenvalue weighted by Crippen LogP contribution is 2.35. The minimum Gasteiger partial charge on any atom is -0.465 e. The van der Waals surface area contributed by atoms with Crippen molar-refractivity contribution >= 4 is 23.4 Å². The Balaban J connectivity index is 1.04. The van der Waals surface area contributed by atoms with E-state index in [4.69, 9.17) is 24.7 Å². The lowest BCUT2D eigenvalue weighted by molar-refractivity contribution is 0.0390. The van der Waals surface area contributed by atoms with Crippen molar-refractivity contribution in [3.8, 4) is 11.4 Å². The van der Waals surface area contributed by atoms with E-state index in [9.17, 15) is 9.18 Å². The molecule has 4 aromatic rings. The van der Waals surface area contributed by atoms with Crippen LogP contribution in [-0.2, 0) is 9.47 Å². The Morgan fingerprint density at radius 1 is 0.956 bits per heavy atom. The van der Waals surface area contributed by atoms with E-state index in [1.54, 1.807) is 12.1 Å². The second-order valence-corrected chi connectivity index (χ2v) is 11.2. The number of nitrogens with zero attached hydrogens (tertiary/aromatic N) is 7. The zero-order valence-electron chi connectivity index (χ0n) is 25.2. The van der Waals surface area contributed by atoms with Gasteiger partial charge >= 0.3 is 6.09 Å². The third kappa shape index (κ3) is 7.67. The van der Waals surface area contributed by atoms with Crippen LogP contribution in [0.3, 0.4) is 0 Å². The summed E-state index contributed by atoms with van der Waals surface area (Å²) in [5.74, 6) is 1.55. The SMILES string of the molecule is O=C(O)NCCOCCOCCN1CCN(c2cccc(-c3cnc4ccc(N5CCCC5c5cccc(F)c5)nn34)n2)CC1. The van der Waals surface area contributed by atoms with Gasteiger partial charge in [0.25, 0.3) is 0 Å². The molecule has 1 aromatic carbocycles. The number of nitrogens with one attached hydrogen (secondary N) is 1. The fourth-order valence-corrected chi connectivity index (χ4v) is 5.98. The molecular weight excluding hydrogens is 579 g/mol. The molecule has 0 radical (unpaired) electrons. The van der Waals surface area contributed by atoms with E-state index in [1.165, 1.54) is 6.07 Å². The lowest BCUT2D eigenvalue weighted by atomic mass is 10.0. The van der Waals surface area contributed by atoms with Crippen molar-refractivity contribution in [1.29, 1.82) is 0 Å². The molecule has 45 heavy (non-hydrogen) atoms. The van der Waals surface area contributed by atoms with E-state index in [2.05, 4.69) is 25.0 Å². The normalized spacial score (nSPS) is 17.3. The largest absolute Gasteiger partial charge is 0.465 e. The van der Waals surface area contributed by atoms with Gasteiger partial charge in [-0.1, -0.05) is 18.2 Å². The first-order valence-electron chi connectivity index (χ1n) is 15.5. The average molecular weight is 619 g/mol. The fourth-order valence-electron chi connectivity index (χ4n) is 5.98. The zero-order valence-corrected chi connectivity index (χ0v) is 25.2. The Morgan fingerprint density at radius 3 is 2.60 bits per heavy atom. The predicted octanol–water partition coefficient (Wildman–Crippen LogP) is 3.69. The molecule has 2 fully saturated rings. The van der Waals surface area contributed by atoms with Gasteiger partial charge in [0.15, 0.2) is 5.65 Å². The molecule has 0 aliphatic carbocycles. The van der Waals surface area contributed by atoms with Gasteiger partial charge < -0.3 is 29.7 Å². The number of piperazine rings is 1. The van der Waals surface area contributed by atoms with Crippen LogP contribution in [0, 0.1) is 5.82 Å². The van der Waals surface area contributed by atoms with E-state index in [0.29, 0.717) is 26.4 Å². The molecule has 3 aromatic heterocycles. The van der Waals surface area contributed by atoms with Gasteiger partial charge in [0.2, 0.25) is 0 Å². The number of hydrogen-bond acceptors (Lipinski definition) is 9. The van der Waals surface area contributed by atoms with Crippen molar-refractivity contribution in [2.75, 3.05) is 82.0 Å². The minimum atomic E-state index is -1.05. The first-order chi connectivity index (χ1) is 22.0. The molecule has 2 aliphatic heterocycles. The first-order valence-corrected chi connectivity index (χ1v) is 15.5. The molecular formula is C32H39FN8O4. The number of fused-ring (bicyclic) bond motifs is 1. The number of benzene rings is 1. The highest BCUT2D eigenvalue weighted by molar-refractivity contribution is 5.64. The summed E-state index contributed by atoms with van der Waals surface area (Å²) in [6.07, 6.45) is 2.75. The summed E-state index contributed by atoms with van der Waals surface area (Å²) in [5.41, 5.74) is 3.36. The number of ether oxygens (including phenoxy) is 2. The Hall–Kier alpha value is -4.33. The Kier molecular flexibility index (Phi) is 9.98. The smallest absolute Gasteiger partial charge is 0.404 e. The lowest BCUT2D eigenvalue weighted by Gasteiger charge is -2.35. The number of carbonyl (C=O) groups is 1. The maximum absolute atomic E-state index is 14.0. The molecule has 6 rings (SSSR count). The summed E-state index contributed by atoms with van der Waals surface area (Å²) in [5, 5.41) is 15.8. The lowest BCUT2D eigenvalue weighted by Crippen LogP contribution is -2.47. The molecule has 0 spiro atoms. The van der Waals surface area contributed by atoms with Crippen LogP contribution in [0.25, 0.3) is 17.0 Å². The number of pyridine rings is 1. The van der Waals surface area contributed by atoms with Crippen molar-refractivity contribution < 1.29 is 23.8 Å². The molecule has 1 unspecified atom stereocenters. The number of imidazole rings is 1. The summed E-state index contributed by atoms with van der Waals surface area (Å²) in [6.45, 7) is 7.39. The summed E-state index contributed by atoms with van der Waals surface area (Å²) in [4.78, 5) is 27.0. The fraction of sp³-hybridized carbons (Fsp3) is 0.438. The van der Waals surface area contributed by atoms with E-state index >= 15 is 0 Å². The number of amides is 1. The van der Waals surface area contributed by atoms with Gasteiger partial charge in [-0.05, 0) is 54.8 Å². The number of rotatable bonds is 13.